The molecule has 0 bridgehead atoms. The first-order valence-electron chi connectivity index (χ1n) is 7.93. The van der Waals surface area contributed by atoms with Crippen LogP contribution in [-0.4, -0.2) is 16.9 Å². The molecule has 0 aliphatic carbocycles. The van der Waals surface area contributed by atoms with E-state index in [1.165, 1.54) is 0 Å². The second-order valence-corrected chi connectivity index (χ2v) is 5.78. The van der Waals surface area contributed by atoms with Crippen LogP contribution in [0.25, 0.3) is 22.0 Å². The number of hydrogen-bond donors (Lipinski definition) is 1. The molecule has 1 atom stereocenters. The van der Waals surface area contributed by atoms with Crippen molar-refractivity contribution in [3.8, 4) is 11.1 Å². The summed E-state index contributed by atoms with van der Waals surface area (Å²) in [6.07, 6.45) is 2.77. The lowest BCUT2D eigenvalue weighted by Crippen LogP contribution is -2.31. The van der Waals surface area contributed by atoms with Crippen molar-refractivity contribution in [1.82, 2.24) is 10.3 Å². The monoisotopic (exact) mass is 304 g/mol. The first-order chi connectivity index (χ1) is 11.2. The minimum Gasteiger partial charge on any atom is -0.350 e. The van der Waals surface area contributed by atoms with E-state index < -0.39 is 0 Å². The van der Waals surface area contributed by atoms with E-state index in [-0.39, 0.29) is 11.9 Å². The summed E-state index contributed by atoms with van der Waals surface area (Å²) in [6, 6.07) is 18.0. The molecule has 0 unspecified atom stereocenters. The van der Waals surface area contributed by atoms with Gasteiger partial charge in [-0.25, -0.2) is 0 Å². The predicted molar refractivity (Wildman–Crippen MR) is 94.4 cm³/mol. The number of carbonyl (C=O) groups excluding carboxylic acids is 1. The molecule has 0 saturated heterocycles. The van der Waals surface area contributed by atoms with Crippen molar-refractivity contribution in [3.05, 3.63) is 66.4 Å². The number of pyridine rings is 1. The molecule has 1 aromatic heterocycles. The molecule has 2 aromatic carbocycles. The van der Waals surface area contributed by atoms with Gasteiger partial charge in [0.25, 0.3) is 5.91 Å². The van der Waals surface area contributed by atoms with Crippen LogP contribution in [0.1, 0.15) is 30.6 Å². The van der Waals surface area contributed by atoms with E-state index in [0.717, 1.165) is 28.5 Å². The standard InChI is InChI=1S/C20H20N2O/c1-3-14(2)22-20(23)17-9-6-8-15(11-17)18-12-16-7-4-5-10-19(16)21-13-18/h4-14H,3H2,1-2H3,(H,22,23)/t14-/m0/s1. The van der Waals surface area contributed by atoms with E-state index in [2.05, 4.69) is 23.3 Å². The quantitative estimate of drug-likeness (QED) is 0.774. The summed E-state index contributed by atoms with van der Waals surface area (Å²) in [5, 5.41) is 4.10. The normalized spacial score (nSPS) is 12.1. The van der Waals surface area contributed by atoms with Gasteiger partial charge in [-0.2, -0.15) is 0 Å². The maximum Gasteiger partial charge on any atom is 0.251 e. The summed E-state index contributed by atoms with van der Waals surface area (Å²) in [5.41, 5.74) is 3.67. The van der Waals surface area contributed by atoms with Crippen LogP contribution in [0.15, 0.2) is 60.8 Å². The van der Waals surface area contributed by atoms with Crippen molar-refractivity contribution >= 4 is 16.8 Å². The van der Waals surface area contributed by atoms with Crippen molar-refractivity contribution in [2.24, 2.45) is 0 Å². The Labute approximate surface area is 136 Å². The van der Waals surface area contributed by atoms with Crippen molar-refractivity contribution in [2.75, 3.05) is 0 Å². The van der Waals surface area contributed by atoms with E-state index in [1.54, 1.807) is 0 Å². The minimum atomic E-state index is -0.0325. The molecular formula is C20H20N2O. The Morgan fingerprint density at radius 3 is 2.74 bits per heavy atom. The molecule has 3 nitrogen and oxygen atoms in total. The van der Waals surface area contributed by atoms with Crippen LogP contribution in [0.5, 0.6) is 0 Å². The van der Waals surface area contributed by atoms with E-state index in [1.807, 2.05) is 61.7 Å². The summed E-state index contributed by atoms with van der Waals surface area (Å²) in [4.78, 5) is 16.8. The third-order valence-corrected chi connectivity index (χ3v) is 4.04. The van der Waals surface area contributed by atoms with Crippen LogP contribution < -0.4 is 5.32 Å². The number of aromatic nitrogens is 1. The first-order valence-corrected chi connectivity index (χ1v) is 7.93. The largest absolute Gasteiger partial charge is 0.350 e. The Hall–Kier alpha value is -2.68. The lowest BCUT2D eigenvalue weighted by molar-refractivity contribution is 0.0939. The van der Waals surface area contributed by atoms with Crippen LogP contribution >= 0.6 is 0 Å². The molecule has 3 heteroatoms. The average molecular weight is 304 g/mol. The van der Waals surface area contributed by atoms with Gasteiger partial charge in [-0.05, 0) is 43.2 Å². The number of amides is 1. The van der Waals surface area contributed by atoms with Gasteiger partial charge in [-0.15, -0.1) is 0 Å². The SMILES string of the molecule is CC[C@H](C)NC(=O)c1cccc(-c2cnc3ccccc3c2)c1. The van der Waals surface area contributed by atoms with E-state index >= 15 is 0 Å². The van der Waals surface area contributed by atoms with Gasteiger partial charge in [0.1, 0.15) is 0 Å². The number of rotatable bonds is 4. The third kappa shape index (κ3) is 3.39. The average Bonchev–Trinajstić information content (AvgIpc) is 2.61. The Bertz CT molecular complexity index is 842. The molecule has 1 amide bonds. The van der Waals surface area contributed by atoms with Gasteiger partial charge in [0, 0.05) is 28.8 Å². The van der Waals surface area contributed by atoms with Crippen molar-refractivity contribution in [1.29, 1.82) is 0 Å². The lowest BCUT2D eigenvalue weighted by atomic mass is 10.0. The molecule has 0 aliphatic rings. The summed E-state index contributed by atoms with van der Waals surface area (Å²) in [6.45, 7) is 4.07. The highest BCUT2D eigenvalue weighted by Crippen LogP contribution is 2.23. The Balaban J connectivity index is 1.93. The highest BCUT2D eigenvalue weighted by Gasteiger charge is 2.10. The van der Waals surface area contributed by atoms with Crippen molar-refractivity contribution in [3.63, 3.8) is 0 Å². The number of hydrogen-bond acceptors (Lipinski definition) is 2. The molecule has 1 heterocycles. The number of benzene rings is 2. The molecule has 0 radical (unpaired) electrons. The Morgan fingerprint density at radius 1 is 1.09 bits per heavy atom. The second kappa shape index (κ2) is 6.61. The van der Waals surface area contributed by atoms with Gasteiger partial charge in [0.05, 0.1) is 5.52 Å². The van der Waals surface area contributed by atoms with E-state index in [4.69, 9.17) is 0 Å². The van der Waals surface area contributed by atoms with Crippen molar-refractivity contribution in [2.45, 2.75) is 26.3 Å². The number of para-hydroxylation sites is 1. The van der Waals surface area contributed by atoms with Crippen LogP contribution in [0.2, 0.25) is 0 Å². The van der Waals surface area contributed by atoms with Crippen LogP contribution in [-0.2, 0) is 0 Å². The summed E-state index contributed by atoms with van der Waals surface area (Å²) in [5.74, 6) is -0.0325. The van der Waals surface area contributed by atoms with Crippen LogP contribution in [0.3, 0.4) is 0 Å². The summed E-state index contributed by atoms with van der Waals surface area (Å²) >= 11 is 0. The zero-order chi connectivity index (χ0) is 16.2. The number of carbonyl (C=O) groups is 1. The Kier molecular flexibility index (Phi) is 4.38. The van der Waals surface area contributed by atoms with Crippen molar-refractivity contribution < 1.29 is 4.79 Å². The maximum atomic E-state index is 12.3. The molecular weight excluding hydrogens is 284 g/mol. The molecule has 0 aliphatic heterocycles. The molecule has 23 heavy (non-hydrogen) atoms. The fourth-order valence-corrected chi connectivity index (χ4v) is 2.48. The minimum absolute atomic E-state index is 0.0325. The fraction of sp³-hybridized carbons (Fsp3) is 0.200. The molecule has 3 aromatic rings. The molecule has 116 valence electrons. The van der Waals surface area contributed by atoms with Gasteiger partial charge in [0.15, 0.2) is 0 Å². The number of nitrogens with one attached hydrogen (secondary N) is 1. The van der Waals surface area contributed by atoms with Gasteiger partial charge < -0.3 is 5.32 Å². The van der Waals surface area contributed by atoms with E-state index in [9.17, 15) is 4.79 Å². The van der Waals surface area contributed by atoms with Gasteiger partial charge in [-0.3, -0.25) is 9.78 Å². The number of fused-ring (bicyclic) bond motifs is 1. The Morgan fingerprint density at radius 2 is 1.91 bits per heavy atom. The molecule has 0 fully saturated rings. The first kappa shape index (κ1) is 15.2. The maximum absolute atomic E-state index is 12.3. The number of nitrogens with zero attached hydrogens (tertiary/aromatic N) is 1. The van der Waals surface area contributed by atoms with E-state index in [0.29, 0.717) is 5.56 Å². The zero-order valence-electron chi connectivity index (χ0n) is 13.4. The smallest absolute Gasteiger partial charge is 0.251 e. The van der Waals surface area contributed by atoms with Gasteiger partial charge in [0.2, 0.25) is 0 Å². The molecule has 3 rings (SSSR count). The molecule has 0 spiro atoms. The predicted octanol–water partition coefficient (Wildman–Crippen LogP) is 4.43. The summed E-state index contributed by atoms with van der Waals surface area (Å²) in [7, 11) is 0. The van der Waals surface area contributed by atoms with Gasteiger partial charge in [-0.1, -0.05) is 37.3 Å². The third-order valence-electron chi connectivity index (χ3n) is 4.04. The highest BCUT2D eigenvalue weighted by molar-refractivity contribution is 5.96. The fourth-order valence-electron chi connectivity index (χ4n) is 2.48. The van der Waals surface area contributed by atoms with Gasteiger partial charge >= 0.3 is 0 Å². The molecule has 0 saturated carbocycles. The lowest BCUT2D eigenvalue weighted by Gasteiger charge is -2.12. The highest BCUT2D eigenvalue weighted by atomic mass is 16.1. The zero-order valence-corrected chi connectivity index (χ0v) is 13.4. The molecule has 1 N–H and O–H groups in total. The summed E-state index contributed by atoms with van der Waals surface area (Å²) < 4.78 is 0. The van der Waals surface area contributed by atoms with Crippen LogP contribution in [0.4, 0.5) is 0 Å². The second-order valence-electron chi connectivity index (χ2n) is 5.78. The van der Waals surface area contributed by atoms with Crippen LogP contribution in [0, 0.1) is 0 Å². The topological polar surface area (TPSA) is 42.0 Å².